The minimum absolute atomic E-state index is 0.183. The smallest absolute Gasteiger partial charge is 0.322 e. The first-order chi connectivity index (χ1) is 13.7. The highest BCUT2D eigenvalue weighted by atomic mass is 19.1. The van der Waals surface area contributed by atoms with Gasteiger partial charge in [-0.15, -0.1) is 0 Å². The standard InChI is InChI=1S/C21H18FN3O3/c22-15-5-3-14(4-6-15)20-17-2-1-9-24(17)10-11-25(20)21(26)23-16-7-8-18-19(12-16)28-13-27-18/h1-9,12,20H,10-11,13H2,(H,23,26)/t20-/m0/s1. The second-order valence-corrected chi connectivity index (χ2v) is 6.77. The number of benzene rings is 2. The van der Waals surface area contributed by atoms with Crippen LogP contribution in [0, 0.1) is 5.82 Å². The predicted molar refractivity (Wildman–Crippen MR) is 101 cm³/mol. The molecule has 0 unspecified atom stereocenters. The van der Waals surface area contributed by atoms with E-state index in [-0.39, 0.29) is 24.7 Å². The van der Waals surface area contributed by atoms with Crippen LogP contribution in [-0.4, -0.2) is 28.8 Å². The van der Waals surface area contributed by atoms with Gasteiger partial charge in [-0.25, -0.2) is 9.18 Å². The van der Waals surface area contributed by atoms with E-state index in [0.717, 1.165) is 11.3 Å². The zero-order chi connectivity index (χ0) is 19.1. The number of fused-ring (bicyclic) bond motifs is 2. The summed E-state index contributed by atoms with van der Waals surface area (Å²) in [5.41, 5.74) is 2.49. The monoisotopic (exact) mass is 379 g/mol. The average Bonchev–Trinajstić information content (AvgIpc) is 3.36. The molecule has 28 heavy (non-hydrogen) atoms. The fourth-order valence-corrected chi connectivity index (χ4v) is 3.77. The molecule has 3 aromatic rings. The van der Waals surface area contributed by atoms with Crippen molar-refractivity contribution in [2.45, 2.75) is 12.6 Å². The largest absolute Gasteiger partial charge is 0.454 e. The second kappa shape index (κ2) is 6.60. The van der Waals surface area contributed by atoms with Gasteiger partial charge in [0.15, 0.2) is 11.5 Å². The molecule has 0 spiro atoms. The van der Waals surface area contributed by atoms with Crippen LogP contribution in [0.4, 0.5) is 14.9 Å². The minimum atomic E-state index is -0.300. The molecule has 3 heterocycles. The highest BCUT2D eigenvalue weighted by Gasteiger charge is 2.32. The Morgan fingerprint density at radius 3 is 2.71 bits per heavy atom. The Labute approximate surface area is 161 Å². The van der Waals surface area contributed by atoms with Gasteiger partial charge < -0.3 is 24.3 Å². The zero-order valence-corrected chi connectivity index (χ0v) is 15.0. The van der Waals surface area contributed by atoms with E-state index in [1.54, 1.807) is 35.2 Å². The van der Waals surface area contributed by atoms with Crippen LogP contribution in [-0.2, 0) is 6.54 Å². The third kappa shape index (κ3) is 2.85. The Kier molecular flexibility index (Phi) is 3.93. The molecular weight excluding hydrogens is 361 g/mol. The van der Waals surface area contributed by atoms with Gasteiger partial charge in [-0.3, -0.25) is 0 Å². The maximum atomic E-state index is 13.4. The quantitative estimate of drug-likeness (QED) is 0.732. The summed E-state index contributed by atoms with van der Waals surface area (Å²) in [5.74, 6) is 0.977. The predicted octanol–water partition coefficient (Wildman–Crippen LogP) is 3.99. The van der Waals surface area contributed by atoms with E-state index in [0.29, 0.717) is 30.3 Å². The molecule has 0 saturated heterocycles. The van der Waals surface area contributed by atoms with Gasteiger partial charge in [0, 0.05) is 36.7 Å². The number of hydrogen-bond donors (Lipinski definition) is 1. The van der Waals surface area contributed by atoms with Crippen molar-refractivity contribution >= 4 is 11.7 Å². The van der Waals surface area contributed by atoms with Gasteiger partial charge in [0.1, 0.15) is 5.82 Å². The Balaban J connectivity index is 1.45. The summed E-state index contributed by atoms with van der Waals surface area (Å²) in [4.78, 5) is 14.9. The van der Waals surface area contributed by atoms with E-state index in [1.165, 1.54) is 12.1 Å². The van der Waals surface area contributed by atoms with Crippen LogP contribution in [0.3, 0.4) is 0 Å². The van der Waals surface area contributed by atoms with Crippen molar-refractivity contribution in [1.29, 1.82) is 0 Å². The first-order valence-electron chi connectivity index (χ1n) is 9.07. The molecule has 0 aliphatic carbocycles. The van der Waals surface area contributed by atoms with Crippen molar-refractivity contribution in [3.8, 4) is 11.5 Å². The van der Waals surface area contributed by atoms with E-state index < -0.39 is 0 Å². The fraction of sp³-hybridized carbons (Fsp3) is 0.190. The molecule has 1 aromatic heterocycles. The van der Waals surface area contributed by atoms with Crippen LogP contribution in [0.1, 0.15) is 17.3 Å². The van der Waals surface area contributed by atoms with Crippen molar-refractivity contribution in [2.24, 2.45) is 0 Å². The van der Waals surface area contributed by atoms with Crippen molar-refractivity contribution in [1.82, 2.24) is 9.47 Å². The van der Waals surface area contributed by atoms with E-state index >= 15 is 0 Å². The number of nitrogens with one attached hydrogen (secondary N) is 1. The lowest BCUT2D eigenvalue weighted by Gasteiger charge is -2.37. The van der Waals surface area contributed by atoms with Gasteiger partial charge >= 0.3 is 6.03 Å². The topological polar surface area (TPSA) is 55.7 Å². The number of aromatic nitrogens is 1. The number of nitrogens with zero attached hydrogens (tertiary/aromatic N) is 2. The molecule has 2 amide bonds. The number of hydrogen-bond acceptors (Lipinski definition) is 3. The van der Waals surface area contributed by atoms with Gasteiger partial charge in [0.25, 0.3) is 0 Å². The number of rotatable bonds is 2. The Morgan fingerprint density at radius 2 is 1.86 bits per heavy atom. The molecule has 2 aromatic carbocycles. The summed E-state index contributed by atoms with van der Waals surface area (Å²) in [6.45, 7) is 1.43. The maximum Gasteiger partial charge on any atom is 0.322 e. The zero-order valence-electron chi connectivity index (χ0n) is 15.0. The van der Waals surface area contributed by atoms with Crippen LogP contribution >= 0.6 is 0 Å². The van der Waals surface area contributed by atoms with Gasteiger partial charge in [0.2, 0.25) is 6.79 Å². The maximum absolute atomic E-state index is 13.4. The molecule has 0 bridgehead atoms. The van der Waals surface area contributed by atoms with Gasteiger partial charge in [-0.05, 0) is 42.0 Å². The molecule has 2 aliphatic rings. The highest BCUT2D eigenvalue weighted by Crippen LogP contribution is 2.36. The molecule has 0 radical (unpaired) electrons. The number of ether oxygens (including phenoxy) is 2. The lowest BCUT2D eigenvalue weighted by Crippen LogP contribution is -2.44. The Morgan fingerprint density at radius 1 is 1.04 bits per heavy atom. The van der Waals surface area contributed by atoms with Crippen molar-refractivity contribution < 1.29 is 18.7 Å². The lowest BCUT2D eigenvalue weighted by atomic mass is 10.0. The number of halogens is 1. The number of urea groups is 1. The molecule has 2 aliphatic heterocycles. The van der Waals surface area contributed by atoms with E-state index in [2.05, 4.69) is 9.88 Å². The highest BCUT2D eigenvalue weighted by molar-refractivity contribution is 5.90. The lowest BCUT2D eigenvalue weighted by molar-refractivity contribution is 0.174. The van der Waals surface area contributed by atoms with Crippen LogP contribution in [0.5, 0.6) is 11.5 Å². The van der Waals surface area contributed by atoms with Gasteiger partial charge in [0.05, 0.1) is 6.04 Å². The van der Waals surface area contributed by atoms with Crippen LogP contribution < -0.4 is 14.8 Å². The molecule has 6 nitrogen and oxygen atoms in total. The molecule has 0 fully saturated rings. The summed E-state index contributed by atoms with van der Waals surface area (Å²) in [6.07, 6.45) is 2.00. The number of carbonyl (C=O) groups excluding carboxylic acids is 1. The fourth-order valence-electron chi connectivity index (χ4n) is 3.77. The van der Waals surface area contributed by atoms with Crippen LogP contribution in [0.15, 0.2) is 60.8 Å². The molecule has 7 heteroatoms. The van der Waals surface area contributed by atoms with E-state index in [9.17, 15) is 9.18 Å². The normalized spacial score (nSPS) is 17.3. The molecule has 1 atom stereocenters. The average molecular weight is 379 g/mol. The van der Waals surface area contributed by atoms with Crippen LogP contribution in [0.2, 0.25) is 0 Å². The molecule has 5 rings (SSSR count). The third-order valence-electron chi connectivity index (χ3n) is 5.11. The third-order valence-corrected chi connectivity index (χ3v) is 5.11. The first kappa shape index (κ1) is 16.7. The van der Waals surface area contributed by atoms with Crippen molar-refractivity contribution in [2.75, 3.05) is 18.7 Å². The number of anilines is 1. The summed E-state index contributed by atoms with van der Waals surface area (Å²) in [6, 6.07) is 15.0. The summed E-state index contributed by atoms with van der Waals surface area (Å²) >= 11 is 0. The molecule has 0 saturated carbocycles. The minimum Gasteiger partial charge on any atom is -0.454 e. The second-order valence-electron chi connectivity index (χ2n) is 6.77. The molecular formula is C21H18FN3O3. The van der Waals surface area contributed by atoms with Crippen LogP contribution in [0.25, 0.3) is 0 Å². The molecule has 1 N–H and O–H groups in total. The van der Waals surface area contributed by atoms with E-state index in [4.69, 9.17) is 9.47 Å². The summed E-state index contributed by atoms with van der Waals surface area (Å²) in [5, 5.41) is 2.94. The number of amides is 2. The Bertz CT molecular complexity index is 1030. The Hall–Kier alpha value is -3.48. The van der Waals surface area contributed by atoms with Gasteiger partial charge in [-0.2, -0.15) is 0 Å². The molecule has 142 valence electrons. The first-order valence-corrected chi connectivity index (χ1v) is 9.07. The SMILES string of the molecule is O=C(Nc1ccc2c(c1)OCO2)N1CCn2cccc2[C@@H]1c1ccc(F)cc1. The van der Waals surface area contributed by atoms with Crippen molar-refractivity contribution in [3.05, 3.63) is 77.9 Å². The van der Waals surface area contributed by atoms with Crippen molar-refractivity contribution in [3.63, 3.8) is 0 Å². The van der Waals surface area contributed by atoms with E-state index in [1.807, 2.05) is 18.3 Å². The summed E-state index contributed by atoms with van der Waals surface area (Å²) in [7, 11) is 0. The van der Waals surface area contributed by atoms with Gasteiger partial charge in [-0.1, -0.05) is 12.1 Å². The number of carbonyl (C=O) groups is 1. The summed E-state index contributed by atoms with van der Waals surface area (Å²) < 4.78 is 26.2.